The molecule has 0 saturated carbocycles. The SMILES string of the molecule is CC(O)C(NC(=O)C1CCCN1C(=O)C(CCC(=O)O)NC(=O)C(N)CS)C(=O)O. The first-order chi connectivity index (χ1) is 14.0. The van der Waals surface area contributed by atoms with Crippen molar-refractivity contribution in [3.8, 4) is 0 Å². The van der Waals surface area contributed by atoms with Crippen LogP contribution in [0.1, 0.15) is 32.6 Å². The van der Waals surface area contributed by atoms with Gasteiger partial charge in [0.1, 0.15) is 12.1 Å². The summed E-state index contributed by atoms with van der Waals surface area (Å²) in [6.45, 7) is 1.38. The van der Waals surface area contributed by atoms with Crippen molar-refractivity contribution in [2.45, 2.75) is 62.9 Å². The second-order valence-corrected chi connectivity index (χ2v) is 7.40. The summed E-state index contributed by atoms with van der Waals surface area (Å²) in [5.41, 5.74) is 5.59. The second-order valence-electron chi connectivity index (χ2n) is 7.04. The summed E-state index contributed by atoms with van der Waals surface area (Å²) in [4.78, 5) is 60.9. The minimum Gasteiger partial charge on any atom is -0.481 e. The van der Waals surface area contributed by atoms with Crippen LogP contribution in [0.15, 0.2) is 0 Å². The molecule has 1 fully saturated rings. The molecule has 1 saturated heterocycles. The van der Waals surface area contributed by atoms with E-state index in [-0.39, 0.29) is 25.1 Å². The Morgan fingerprint density at radius 2 is 1.83 bits per heavy atom. The number of aliphatic hydroxyl groups is 1. The number of likely N-dealkylation sites (tertiary alicyclic amines) is 1. The number of nitrogens with one attached hydrogen (secondary N) is 2. The molecule has 5 atom stereocenters. The molecular weight excluding hydrogens is 420 g/mol. The minimum atomic E-state index is -1.55. The summed E-state index contributed by atoms with van der Waals surface area (Å²) in [6.07, 6.45) is -1.27. The van der Waals surface area contributed by atoms with Crippen molar-refractivity contribution in [1.82, 2.24) is 15.5 Å². The van der Waals surface area contributed by atoms with Gasteiger partial charge in [-0.2, -0.15) is 12.6 Å². The number of carboxylic acids is 2. The van der Waals surface area contributed by atoms with Gasteiger partial charge in [-0.15, -0.1) is 0 Å². The molecule has 0 aromatic carbocycles. The molecule has 3 amide bonds. The molecule has 0 bridgehead atoms. The van der Waals surface area contributed by atoms with Gasteiger partial charge in [0.2, 0.25) is 17.7 Å². The highest BCUT2D eigenvalue weighted by molar-refractivity contribution is 7.80. The number of nitrogens with two attached hydrogens (primary N) is 1. The zero-order valence-corrected chi connectivity index (χ0v) is 17.4. The maximum Gasteiger partial charge on any atom is 0.328 e. The van der Waals surface area contributed by atoms with Crippen molar-refractivity contribution in [3.05, 3.63) is 0 Å². The molecule has 30 heavy (non-hydrogen) atoms. The van der Waals surface area contributed by atoms with E-state index in [4.69, 9.17) is 15.9 Å². The lowest BCUT2D eigenvalue weighted by Crippen LogP contribution is -2.58. The summed E-state index contributed by atoms with van der Waals surface area (Å²) in [6, 6.07) is -4.79. The van der Waals surface area contributed by atoms with E-state index in [0.29, 0.717) is 6.42 Å². The van der Waals surface area contributed by atoms with E-state index in [0.717, 1.165) is 0 Å². The summed E-state index contributed by atoms with van der Waals surface area (Å²) in [5.74, 6) is -4.70. The van der Waals surface area contributed by atoms with Gasteiger partial charge in [-0.05, 0) is 26.2 Å². The largest absolute Gasteiger partial charge is 0.481 e. The summed E-state index contributed by atoms with van der Waals surface area (Å²) >= 11 is 3.91. The maximum atomic E-state index is 13.0. The number of aliphatic hydroxyl groups excluding tert-OH is 1. The molecule has 0 aromatic rings. The number of nitrogens with zero attached hydrogens (tertiary/aromatic N) is 1. The van der Waals surface area contributed by atoms with Crippen LogP contribution in [0.2, 0.25) is 0 Å². The Hall–Kier alpha value is -2.38. The van der Waals surface area contributed by atoms with Crippen molar-refractivity contribution in [2.75, 3.05) is 12.3 Å². The third-order valence-corrected chi connectivity index (χ3v) is 5.07. The first-order valence-electron chi connectivity index (χ1n) is 9.39. The summed E-state index contributed by atoms with van der Waals surface area (Å²) < 4.78 is 0. The van der Waals surface area contributed by atoms with Crippen molar-refractivity contribution >= 4 is 42.3 Å². The van der Waals surface area contributed by atoms with E-state index < -0.39 is 66.4 Å². The summed E-state index contributed by atoms with van der Waals surface area (Å²) in [5, 5.41) is 32.2. The van der Waals surface area contributed by atoms with Gasteiger partial charge < -0.3 is 36.6 Å². The predicted molar refractivity (Wildman–Crippen MR) is 107 cm³/mol. The van der Waals surface area contributed by atoms with Crippen molar-refractivity contribution in [1.29, 1.82) is 0 Å². The van der Waals surface area contributed by atoms with Gasteiger partial charge in [0, 0.05) is 18.7 Å². The number of hydrogen-bond acceptors (Lipinski definition) is 8. The molecule has 1 rings (SSSR count). The fourth-order valence-electron chi connectivity index (χ4n) is 3.03. The van der Waals surface area contributed by atoms with Crippen molar-refractivity contribution < 1.29 is 39.3 Å². The Morgan fingerprint density at radius 3 is 2.33 bits per heavy atom. The lowest BCUT2D eigenvalue weighted by Gasteiger charge is -2.30. The molecular formula is C17H28N4O8S. The number of hydrogen-bond donors (Lipinski definition) is 7. The zero-order valence-electron chi connectivity index (χ0n) is 16.5. The van der Waals surface area contributed by atoms with Crippen molar-refractivity contribution in [3.63, 3.8) is 0 Å². The smallest absolute Gasteiger partial charge is 0.328 e. The third-order valence-electron chi connectivity index (χ3n) is 4.68. The fourth-order valence-corrected chi connectivity index (χ4v) is 3.19. The number of thiol groups is 1. The summed E-state index contributed by atoms with van der Waals surface area (Å²) in [7, 11) is 0. The number of carbonyl (C=O) groups is 5. The molecule has 0 aromatic heterocycles. The topological polar surface area (TPSA) is 199 Å². The quantitative estimate of drug-likeness (QED) is 0.167. The van der Waals surface area contributed by atoms with Crippen LogP contribution in [-0.4, -0.2) is 92.4 Å². The molecule has 0 spiro atoms. The lowest BCUT2D eigenvalue weighted by molar-refractivity contribution is -0.147. The average molecular weight is 448 g/mol. The van der Waals surface area contributed by atoms with Gasteiger partial charge in [0.25, 0.3) is 0 Å². The predicted octanol–water partition coefficient (Wildman–Crippen LogP) is -2.47. The van der Waals surface area contributed by atoms with Gasteiger partial charge in [-0.1, -0.05) is 0 Å². The maximum absolute atomic E-state index is 13.0. The average Bonchev–Trinajstić information content (AvgIpc) is 3.16. The second kappa shape index (κ2) is 11.7. The first-order valence-corrected chi connectivity index (χ1v) is 10.0. The zero-order chi connectivity index (χ0) is 23.0. The molecule has 0 radical (unpaired) electrons. The molecule has 5 unspecified atom stereocenters. The first kappa shape index (κ1) is 25.7. The van der Waals surface area contributed by atoms with E-state index in [2.05, 4.69) is 23.3 Å². The number of carbonyl (C=O) groups excluding carboxylic acids is 3. The lowest BCUT2D eigenvalue weighted by atomic mass is 10.1. The number of rotatable bonds is 11. The van der Waals surface area contributed by atoms with Crippen LogP contribution < -0.4 is 16.4 Å². The molecule has 1 aliphatic rings. The number of aliphatic carboxylic acids is 2. The molecule has 0 aliphatic carbocycles. The highest BCUT2D eigenvalue weighted by Gasteiger charge is 2.39. The van der Waals surface area contributed by atoms with Crippen molar-refractivity contribution in [2.24, 2.45) is 5.73 Å². The van der Waals surface area contributed by atoms with Gasteiger partial charge >= 0.3 is 11.9 Å². The van der Waals surface area contributed by atoms with Crippen LogP contribution in [0.3, 0.4) is 0 Å². The van der Waals surface area contributed by atoms with E-state index in [1.54, 1.807) is 0 Å². The highest BCUT2D eigenvalue weighted by atomic mass is 32.1. The third kappa shape index (κ3) is 7.15. The Kier molecular flexibility index (Phi) is 10.0. The van der Waals surface area contributed by atoms with E-state index >= 15 is 0 Å². The molecule has 1 aliphatic heterocycles. The monoisotopic (exact) mass is 448 g/mol. The Labute approximate surface area is 178 Å². The van der Waals surface area contributed by atoms with E-state index in [1.165, 1.54) is 11.8 Å². The van der Waals surface area contributed by atoms with Crippen LogP contribution >= 0.6 is 12.6 Å². The minimum absolute atomic E-state index is 0.0103. The van der Waals surface area contributed by atoms with Crippen LogP contribution in [0.5, 0.6) is 0 Å². The van der Waals surface area contributed by atoms with Crippen LogP contribution in [0.25, 0.3) is 0 Å². The number of amides is 3. The Bertz CT molecular complexity index is 674. The number of carboxylic acid groups (broad SMARTS) is 2. The standard InChI is InChI=1S/C17H28N4O8S/c1-8(22)13(17(28)29)20-15(26)11-3-2-6-21(11)16(27)10(4-5-12(23)24)19-14(25)9(18)7-30/h8-11,13,22,30H,2-7,18H2,1H3,(H,19,25)(H,20,26)(H,23,24)(H,28,29). The molecule has 1 heterocycles. The molecule has 7 N–H and O–H groups in total. The molecule has 12 nitrogen and oxygen atoms in total. The van der Waals surface area contributed by atoms with E-state index in [1.807, 2.05) is 0 Å². The van der Waals surface area contributed by atoms with Gasteiger partial charge in [0.15, 0.2) is 6.04 Å². The van der Waals surface area contributed by atoms with Crippen LogP contribution in [0, 0.1) is 0 Å². The van der Waals surface area contributed by atoms with Crippen LogP contribution in [-0.2, 0) is 24.0 Å². The molecule has 13 heteroatoms. The normalized spacial score (nSPS) is 20.0. The van der Waals surface area contributed by atoms with E-state index in [9.17, 15) is 29.1 Å². The van der Waals surface area contributed by atoms with Gasteiger partial charge in [-0.3, -0.25) is 19.2 Å². The molecule has 170 valence electrons. The highest BCUT2D eigenvalue weighted by Crippen LogP contribution is 2.20. The Morgan fingerprint density at radius 1 is 1.20 bits per heavy atom. The fraction of sp³-hybridized carbons (Fsp3) is 0.706. The van der Waals surface area contributed by atoms with Gasteiger partial charge in [-0.25, -0.2) is 4.79 Å². The Balaban J connectivity index is 2.97. The van der Waals surface area contributed by atoms with Gasteiger partial charge in [0.05, 0.1) is 12.1 Å². The van der Waals surface area contributed by atoms with Crippen LogP contribution in [0.4, 0.5) is 0 Å².